The molecule has 0 aliphatic rings. The summed E-state index contributed by atoms with van der Waals surface area (Å²) < 4.78 is 40.0. The van der Waals surface area contributed by atoms with Crippen molar-refractivity contribution in [2.24, 2.45) is 0 Å². The fraction of sp³-hybridized carbons (Fsp3) is 0.200. The standard InChI is InChI=1S/C15H12ClF3/c1-8-9(2)15(16)14(19)6-11(8)5-10-3-4-12(17)7-13(10)18/h3-4,6-7H,5H2,1-2H3. The minimum absolute atomic E-state index is 0.0841. The van der Waals surface area contributed by atoms with Crippen LogP contribution in [0.15, 0.2) is 24.3 Å². The molecule has 2 rings (SSSR count). The maximum Gasteiger partial charge on any atom is 0.142 e. The Balaban J connectivity index is 2.44. The maximum absolute atomic E-state index is 13.6. The van der Waals surface area contributed by atoms with Crippen LogP contribution in [0.2, 0.25) is 5.02 Å². The lowest BCUT2D eigenvalue weighted by molar-refractivity contribution is 0.574. The van der Waals surface area contributed by atoms with E-state index in [1.807, 2.05) is 0 Å². The fourth-order valence-corrected chi connectivity index (χ4v) is 2.16. The number of hydrogen-bond donors (Lipinski definition) is 0. The molecule has 100 valence electrons. The minimum atomic E-state index is -0.632. The van der Waals surface area contributed by atoms with Crippen LogP contribution in [0, 0.1) is 31.3 Å². The Bertz CT molecular complexity index is 636. The second-order valence-electron chi connectivity index (χ2n) is 4.49. The molecule has 0 radical (unpaired) electrons. The fourth-order valence-electron chi connectivity index (χ4n) is 1.96. The van der Waals surface area contributed by atoms with Crippen molar-refractivity contribution in [3.8, 4) is 0 Å². The van der Waals surface area contributed by atoms with E-state index >= 15 is 0 Å². The van der Waals surface area contributed by atoms with Gasteiger partial charge in [-0.1, -0.05) is 17.7 Å². The van der Waals surface area contributed by atoms with Crippen molar-refractivity contribution in [2.75, 3.05) is 0 Å². The van der Waals surface area contributed by atoms with Gasteiger partial charge in [0.2, 0.25) is 0 Å². The Labute approximate surface area is 114 Å². The lowest BCUT2D eigenvalue weighted by atomic mass is 9.96. The number of rotatable bonds is 2. The monoisotopic (exact) mass is 284 g/mol. The summed E-state index contributed by atoms with van der Waals surface area (Å²) in [5.74, 6) is -1.79. The first-order chi connectivity index (χ1) is 8.90. The van der Waals surface area contributed by atoms with Gasteiger partial charge in [-0.25, -0.2) is 13.2 Å². The van der Waals surface area contributed by atoms with Crippen LogP contribution in [-0.4, -0.2) is 0 Å². The molecule has 0 fully saturated rings. The molecule has 0 aromatic heterocycles. The zero-order valence-corrected chi connectivity index (χ0v) is 11.3. The molecule has 0 N–H and O–H groups in total. The molecular formula is C15H12ClF3. The molecule has 19 heavy (non-hydrogen) atoms. The lowest BCUT2D eigenvalue weighted by Crippen LogP contribution is -2.00. The van der Waals surface area contributed by atoms with E-state index in [-0.39, 0.29) is 11.4 Å². The van der Waals surface area contributed by atoms with Crippen molar-refractivity contribution in [3.05, 3.63) is 69.0 Å². The largest absolute Gasteiger partial charge is 0.207 e. The molecule has 0 amide bonds. The van der Waals surface area contributed by atoms with Gasteiger partial charge in [0, 0.05) is 12.5 Å². The van der Waals surface area contributed by atoms with Crippen LogP contribution in [0.25, 0.3) is 0 Å². The summed E-state index contributed by atoms with van der Waals surface area (Å²) in [7, 11) is 0. The van der Waals surface area contributed by atoms with Gasteiger partial charge in [-0.15, -0.1) is 0 Å². The van der Waals surface area contributed by atoms with Gasteiger partial charge in [-0.2, -0.15) is 0 Å². The van der Waals surface area contributed by atoms with Crippen molar-refractivity contribution < 1.29 is 13.2 Å². The third-order valence-corrected chi connectivity index (χ3v) is 3.74. The summed E-state index contributed by atoms with van der Waals surface area (Å²) >= 11 is 5.81. The zero-order chi connectivity index (χ0) is 14.2. The van der Waals surface area contributed by atoms with Gasteiger partial charge in [0.05, 0.1) is 5.02 Å². The average Bonchev–Trinajstić information content (AvgIpc) is 2.36. The summed E-state index contributed by atoms with van der Waals surface area (Å²) in [6, 6.07) is 4.68. The van der Waals surface area contributed by atoms with Crippen molar-refractivity contribution in [1.29, 1.82) is 0 Å². The molecule has 0 bridgehead atoms. The molecule has 2 aromatic rings. The maximum atomic E-state index is 13.6. The van der Waals surface area contributed by atoms with Gasteiger partial charge in [0.1, 0.15) is 17.5 Å². The van der Waals surface area contributed by atoms with E-state index in [0.29, 0.717) is 16.7 Å². The molecule has 0 saturated heterocycles. The van der Waals surface area contributed by atoms with Crippen molar-refractivity contribution in [2.45, 2.75) is 20.3 Å². The van der Waals surface area contributed by atoms with Crippen molar-refractivity contribution in [3.63, 3.8) is 0 Å². The topological polar surface area (TPSA) is 0 Å². The van der Waals surface area contributed by atoms with E-state index in [1.165, 1.54) is 18.2 Å². The van der Waals surface area contributed by atoms with Crippen LogP contribution >= 0.6 is 11.6 Å². The van der Waals surface area contributed by atoms with E-state index in [1.54, 1.807) is 13.8 Å². The van der Waals surface area contributed by atoms with Gasteiger partial charge >= 0.3 is 0 Å². The SMILES string of the molecule is Cc1c(Cc2ccc(F)cc2F)cc(F)c(Cl)c1C. The Morgan fingerprint density at radius 3 is 2.21 bits per heavy atom. The van der Waals surface area contributed by atoms with Crippen LogP contribution in [0.3, 0.4) is 0 Å². The number of halogens is 4. The molecule has 4 heteroatoms. The Hall–Kier alpha value is -1.48. The predicted molar refractivity (Wildman–Crippen MR) is 70.0 cm³/mol. The van der Waals surface area contributed by atoms with Gasteiger partial charge < -0.3 is 0 Å². The molecule has 0 nitrogen and oxygen atoms in total. The predicted octanol–water partition coefficient (Wildman–Crippen LogP) is 4.96. The van der Waals surface area contributed by atoms with Gasteiger partial charge in [0.25, 0.3) is 0 Å². The molecular weight excluding hydrogens is 273 g/mol. The average molecular weight is 285 g/mol. The molecule has 0 spiro atoms. The lowest BCUT2D eigenvalue weighted by Gasteiger charge is -2.12. The molecule has 0 heterocycles. The third kappa shape index (κ3) is 2.76. The molecule has 0 aliphatic carbocycles. The van der Waals surface area contributed by atoms with Crippen molar-refractivity contribution in [1.82, 2.24) is 0 Å². The zero-order valence-electron chi connectivity index (χ0n) is 10.5. The number of benzene rings is 2. The quantitative estimate of drug-likeness (QED) is 0.731. The van der Waals surface area contributed by atoms with E-state index in [4.69, 9.17) is 11.6 Å². The first-order valence-electron chi connectivity index (χ1n) is 5.78. The Morgan fingerprint density at radius 2 is 1.58 bits per heavy atom. The van der Waals surface area contributed by atoms with Crippen LogP contribution in [0.1, 0.15) is 22.3 Å². The van der Waals surface area contributed by atoms with Gasteiger partial charge in [0.15, 0.2) is 0 Å². The molecule has 2 aromatic carbocycles. The smallest absolute Gasteiger partial charge is 0.142 e. The molecule has 0 aliphatic heterocycles. The minimum Gasteiger partial charge on any atom is -0.207 e. The second kappa shape index (κ2) is 5.25. The highest BCUT2D eigenvalue weighted by molar-refractivity contribution is 6.31. The van der Waals surface area contributed by atoms with Gasteiger partial charge in [-0.05, 0) is 48.2 Å². The molecule has 0 atom stereocenters. The summed E-state index contributed by atoms with van der Waals surface area (Å²) in [6.07, 6.45) is 0.201. The summed E-state index contributed by atoms with van der Waals surface area (Å²) in [5.41, 5.74) is 2.42. The van der Waals surface area contributed by atoms with E-state index in [9.17, 15) is 13.2 Å². The normalized spacial score (nSPS) is 10.8. The summed E-state index contributed by atoms with van der Waals surface area (Å²) in [6.45, 7) is 3.52. The third-order valence-electron chi connectivity index (χ3n) is 3.28. The second-order valence-corrected chi connectivity index (χ2v) is 4.87. The first-order valence-corrected chi connectivity index (χ1v) is 6.16. The molecule has 0 unspecified atom stereocenters. The van der Waals surface area contributed by atoms with Crippen LogP contribution in [0.5, 0.6) is 0 Å². The highest BCUT2D eigenvalue weighted by atomic mass is 35.5. The highest BCUT2D eigenvalue weighted by Gasteiger charge is 2.13. The summed E-state index contributed by atoms with van der Waals surface area (Å²) in [5, 5.41) is 0.0841. The van der Waals surface area contributed by atoms with Crippen LogP contribution < -0.4 is 0 Å². The number of hydrogen-bond acceptors (Lipinski definition) is 0. The van der Waals surface area contributed by atoms with Crippen molar-refractivity contribution >= 4 is 11.6 Å². The highest BCUT2D eigenvalue weighted by Crippen LogP contribution is 2.27. The molecule has 0 saturated carbocycles. The van der Waals surface area contributed by atoms with Crippen LogP contribution in [-0.2, 0) is 6.42 Å². The first kappa shape index (κ1) is 13.9. The Morgan fingerprint density at radius 1 is 0.895 bits per heavy atom. The van der Waals surface area contributed by atoms with E-state index < -0.39 is 17.5 Å². The van der Waals surface area contributed by atoms with Crippen LogP contribution in [0.4, 0.5) is 13.2 Å². The van der Waals surface area contributed by atoms with Gasteiger partial charge in [-0.3, -0.25) is 0 Å². The van der Waals surface area contributed by atoms with E-state index in [0.717, 1.165) is 11.6 Å². The van der Waals surface area contributed by atoms with E-state index in [2.05, 4.69) is 0 Å². The summed E-state index contributed by atoms with van der Waals surface area (Å²) in [4.78, 5) is 0. The Kier molecular flexibility index (Phi) is 3.85.